The van der Waals surface area contributed by atoms with Crippen molar-refractivity contribution in [1.29, 1.82) is 0 Å². The molecule has 0 unspecified atom stereocenters. The summed E-state index contributed by atoms with van der Waals surface area (Å²) in [4.78, 5) is -0.0541. The molecule has 13 heteroatoms. The van der Waals surface area contributed by atoms with Gasteiger partial charge >= 0.3 is 6.18 Å². The highest BCUT2D eigenvalue weighted by Gasteiger charge is 2.37. The SMILES string of the molecule is O=S(=O)(NCC1(Cc2ccc(CCO)cc2)CCCC1)c1ccc2ccccc2c1.O=S(=O)(NCC1(Cc2ccc(CCO)cc2)CCCC1)c1cccc(C(F)(F)F)c1. The Bertz CT molecular complexity index is 2390. The Morgan fingerprint density at radius 1 is 0.517 bits per heavy atom. The van der Waals surface area contributed by atoms with E-state index in [0.717, 1.165) is 97.4 Å². The van der Waals surface area contributed by atoms with Crippen LogP contribution in [0.5, 0.6) is 0 Å². The van der Waals surface area contributed by atoms with Gasteiger partial charge in [0, 0.05) is 26.3 Å². The zero-order valence-electron chi connectivity index (χ0n) is 33.8. The molecule has 0 atom stereocenters. The minimum atomic E-state index is -4.60. The summed E-state index contributed by atoms with van der Waals surface area (Å²) in [6, 6.07) is 33.2. The van der Waals surface area contributed by atoms with Gasteiger partial charge < -0.3 is 10.2 Å². The third kappa shape index (κ3) is 12.0. The van der Waals surface area contributed by atoms with Gasteiger partial charge in [-0.2, -0.15) is 13.2 Å². The van der Waals surface area contributed by atoms with Crippen LogP contribution in [0.2, 0.25) is 0 Å². The summed E-state index contributed by atoms with van der Waals surface area (Å²) in [6.07, 6.45) is 6.26. The predicted molar refractivity (Wildman–Crippen MR) is 229 cm³/mol. The smallest absolute Gasteiger partial charge is 0.396 e. The molecule has 0 aromatic heterocycles. The second-order valence-electron chi connectivity index (χ2n) is 16.5. The van der Waals surface area contributed by atoms with Crippen molar-refractivity contribution in [3.05, 3.63) is 143 Å². The number of sulfonamides is 2. The lowest BCUT2D eigenvalue weighted by Gasteiger charge is -2.29. The molecule has 8 nitrogen and oxygen atoms in total. The highest BCUT2D eigenvalue weighted by atomic mass is 32.2. The lowest BCUT2D eigenvalue weighted by atomic mass is 9.80. The third-order valence-corrected chi connectivity index (χ3v) is 14.9. The van der Waals surface area contributed by atoms with Crippen molar-refractivity contribution in [1.82, 2.24) is 9.44 Å². The lowest BCUT2D eigenvalue weighted by molar-refractivity contribution is -0.137. The normalized spacial score (nSPS) is 16.4. The van der Waals surface area contributed by atoms with Gasteiger partial charge in [-0.3, -0.25) is 0 Å². The highest BCUT2D eigenvalue weighted by molar-refractivity contribution is 7.89. The number of hydrogen-bond donors (Lipinski definition) is 4. The number of nitrogens with one attached hydrogen (secondary N) is 2. The van der Waals surface area contributed by atoms with E-state index in [9.17, 15) is 30.0 Å². The van der Waals surface area contributed by atoms with Crippen LogP contribution in [-0.2, 0) is 51.9 Å². The maximum Gasteiger partial charge on any atom is 0.416 e. The molecule has 2 aliphatic carbocycles. The molecule has 2 fully saturated rings. The number of fused-ring (bicyclic) bond motifs is 1. The van der Waals surface area contributed by atoms with Crippen molar-refractivity contribution in [2.45, 2.75) is 93.0 Å². The number of hydrogen-bond acceptors (Lipinski definition) is 6. The van der Waals surface area contributed by atoms with Crippen LogP contribution in [0.1, 0.15) is 79.2 Å². The van der Waals surface area contributed by atoms with Crippen molar-refractivity contribution in [3.63, 3.8) is 0 Å². The van der Waals surface area contributed by atoms with Crippen LogP contribution in [0.3, 0.4) is 0 Å². The molecule has 2 aliphatic rings. The number of halogens is 3. The molecule has 0 aliphatic heterocycles. The number of benzene rings is 5. The molecule has 0 radical (unpaired) electrons. The van der Waals surface area contributed by atoms with Gasteiger partial charge in [0.15, 0.2) is 0 Å². The quantitative estimate of drug-likeness (QED) is 0.0785. The average Bonchev–Trinajstić information content (AvgIpc) is 3.91. The first-order valence-corrected chi connectivity index (χ1v) is 23.6. The van der Waals surface area contributed by atoms with E-state index in [-0.39, 0.29) is 35.5 Å². The summed E-state index contributed by atoms with van der Waals surface area (Å²) in [5.74, 6) is 0. The van der Waals surface area contributed by atoms with Crippen molar-refractivity contribution < 1.29 is 40.2 Å². The van der Waals surface area contributed by atoms with Crippen LogP contribution in [0.15, 0.2) is 125 Å². The maximum absolute atomic E-state index is 13.0. The number of aliphatic hydroxyl groups is 2. The number of rotatable bonds is 16. The molecule has 60 heavy (non-hydrogen) atoms. The molecule has 5 aromatic rings. The van der Waals surface area contributed by atoms with Crippen LogP contribution >= 0.6 is 0 Å². The first-order valence-electron chi connectivity index (χ1n) is 20.7. The standard InChI is InChI=1S/C25H29NO3S.C22H26F3NO3S/c27-16-13-20-7-9-21(10-8-20)18-25(14-3-4-15-25)19-26-30(28,29)24-12-11-22-5-1-2-6-23(22)17-24;23-22(24,25)19-4-3-5-20(14-19)30(28,29)26-16-21(11-1-2-12-21)15-18-8-6-17(7-9-18)10-13-27/h1-2,5-12,17,26-27H,3-4,13-16,18-19H2;3-9,14,26-27H,1-2,10-13,15-16H2. The zero-order chi connectivity index (χ0) is 42.9. The summed E-state index contributed by atoms with van der Waals surface area (Å²) in [5.41, 5.74) is 3.19. The summed E-state index contributed by atoms with van der Waals surface area (Å²) in [7, 11) is -7.61. The number of alkyl halides is 3. The van der Waals surface area contributed by atoms with Crippen molar-refractivity contribution in [2.24, 2.45) is 10.8 Å². The molecular formula is C47H55F3N2O6S2. The third-order valence-electron chi connectivity index (χ3n) is 12.1. The van der Waals surface area contributed by atoms with Crippen LogP contribution in [0, 0.1) is 10.8 Å². The van der Waals surface area contributed by atoms with Gasteiger partial charge in [0.25, 0.3) is 0 Å². The van der Waals surface area contributed by atoms with Crippen LogP contribution in [0.25, 0.3) is 10.8 Å². The van der Waals surface area contributed by atoms with Gasteiger partial charge in [-0.15, -0.1) is 0 Å². The predicted octanol–water partition coefficient (Wildman–Crippen LogP) is 8.78. The van der Waals surface area contributed by atoms with Crippen LogP contribution in [0.4, 0.5) is 13.2 Å². The van der Waals surface area contributed by atoms with E-state index in [1.807, 2.05) is 54.6 Å². The van der Waals surface area contributed by atoms with Gasteiger partial charge in [-0.05, 0) is 126 Å². The Hall–Kier alpha value is -4.11. The number of aliphatic hydroxyl groups excluding tert-OH is 2. The molecule has 5 aromatic carbocycles. The minimum Gasteiger partial charge on any atom is -0.396 e. The fraction of sp³-hybridized carbons (Fsp3) is 0.404. The molecular weight excluding hydrogens is 810 g/mol. The van der Waals surface area contributed by atoms with Crippen molar-refractivity contribution >= 4 is 30.8 Å². The Morgan fingerprint density at radius 2 is 0.950 bits per heavy atom. The monoisotopic (exact) mass is 864 g/mol. The second kappa shape index (κ2) is 19.7. The molecule has 322 valence electrons. The average molecular weight is 865 g/mol. The Morgan fingerprint density at radius 3 is 1.40 bits per heavy atom. The molecule has 0 saturated heterocycles. The van der Waals surface area contributed by atoms with Crippen LogP contribution < -0.4 is 9.44 Å². The van der Waals surface area contributed by atoms with E-state index in [2.05, 4.69) is 33.7 Å². The van der Waals surface area contributed by atoms with Gasteiger partial charge in [-0.1, -0.05) is 111 Å². The fourth-order valence-electron chi connectivity index (χ4n) is 8.69. The van der Waals surface area contributed by atoms with Gasteiger partial charge in [0.2, 0.25) is 20.0 Å². The Labute approximate surface area is 352 Å². The maximum atomic E-state index is 13.0. The largest absolute Gasteiger partial charge is 0.416 e. The van der Waals surface area contributed by atoms with E-state index < -0.39 is 31.8 Å². The van der Waals surface area contributed by atoms with Gasteiger partial charge in [0.05, 0.1) is 15.4 Å². The second-order valence-corrected chi connectivity index (χ2v) is 20.1. The van der Waals surface area contributed by atoms with Crippen molar-refractivity contribution in [3.8, 4) is 0 Å². The summed E-state index contributed by atoms with van der Waals surface area (Å²) in [5, 5.41) is 20.1. The molecule has 0 bridgehead atoms. The summed E-state index contributed by atoms with van der Waals surface area (Å²) >= 11 is 0. The summed E-state index contributed by atoms with van der Waals surface area (Å²) < 4.78 is 95.7. The molecule has 7 rings (SSSR count). The van der Waals surface area contributed by atoms with E-state index in [0.29, 0.717) is 36.8 Å². The molecule has 0 heterocycles. The fourth-order valence-corrected chi connectivity index (χ4v) is 11.1. The first-order chi connectivity index (χ1) is 28.6. The minimum absolute atomic E-state index is 0.0393. The first kappa shape index (κ1) is 45.4. The molecule has 4 N–H and O–H groups in total. The highest BCUT2D eigenvalue weighted by Crippen LogP contribution is 2.42. The summed E-state index contributed by atoms with van der Waals surface area (Å²) in [6.45, 7) is 0.880. The topological polar surface area (TPSA) is 133 Å². The van der Waals surface area contributed by atoms with Crippen LogP contribution in [-0.4, -0.2) is 53.4 Å². The molecule has 0 spiro atoms. The molecule has 0 amide bonds. The van der Waals surface area contributed by atoms with E-state index in [1.54, 1.807) is 12.1 Å². The zero-order valence-corrected chi connectivity index (χ0v) is 35.4. The van der Waals surface area contributed by atoms with E-state index >= 15 is 0 Å². The van der Waals surface area contributed by atoms with E-state index in [1.165, 1.54) is 11.6 Å². The lowest BCUT2D eigenvalue weighted by Crippen LogP contribution is -2.37. The Kier molecular flexibility index (Phi) is 14.9. The van der Waals surface area contributed by atoms with Gasteiger partial charge in [0.1, 0.15) is 0 Å². The van der Waals surface area contributed by atoms with E-state index in [4.69, 9.17) is 10.2 Å². The Balaban J connectivity index is 0.000000201. The van der Waals surface area contributed by atoms with Crippen molar-refractivity contribution in [2.75, 3.05) is 26.3 Å². The van der Waals surface area contributed by atoms with Gasteiger partial charge in [-0.25, -0.2) is 26.3 Å². The molecule has 2 saturated carbocycles.